The van der Waals surface area contributed by atoms with Gasteiger partial charge in [-0.1, -0.05) is 51.1 Å². The fourth-order valence-corrected chi connectivity index (χ4v) is 11.4. The average molecular weight is 711 g/mol. The molecular formula is C41H66N4O6. The summed E-state index contributed by atoms with van der Waals surface area (Å²) in [4.78, 5) is 41.3. The van der Waals surface area contributed by atoms with E-state index >= 15 is 0 Å². The lowest BCUT2D eigenvalue weighted by atomic mass is 9.43. The fraction of sp³-hybridized carbons (Fsp3) is 0.780. The van der Waals surface area contributed by atoms with Gasteiger partial charge in [0, 0.05) is 37.5 Å². The number of nitrogens with two attached hydrogens (primary N) is 3. The van der Waals surface area contributed by atoms with Crippen molar-refractivity contribution in [1.29, 1.82) is 0 Å². The van der Waals surface area contributed by atoms with Crippen molar-refractivity contribution in [3.8, 4) is 0 Å². The molecule has 5 rings (SSSR count). The first-order valence-electron chi connectivity index (χ1n) is 19.9. The fourth-order valence-electron chi connectivity index (χ4n) is 11.4. The third kappa shape index (κ3) is 8.82. The Morgan fingerprint density at radius 1 is 0.843 bits per heavy atom. The molecule has 11 atom stereocenters. The van der Waals surface area contributed by atoms with E-state index in [4.69, 9.17) is 31.4 Å². The molecule has 0 bridgehead atoms. The number of nitrogens with zero attached hydrogens (tertiary/aromatic N) is 1. The van der Waals surface area contributed by atoms with Gasteiger partial charge in [0.1, 0.15) is 18.3 Å². The monoisotopic (exact) mass is 710 g/mol. The minimum atomic E-state index is -0.253. The van der Waals surface area contributed by atoms with E-state index in [9.17, 15) is 14.4 Å². The van der Waals surface area contributed by atoms with Crippen molar-refractivity contribution in [1.82, 2.24) is 4.90 Å². The highest BCUT2D eigenvalue weighted by Gasteiger charge is 2.67. The maximum Gasteiger partial charge on any atom is 0.307 e. The lowest BCUT2D eigenvalue weighted by Crippen LogP contribution is -2.63. The van der Waals surface area contributed by atoms with Gasteiger partial charge in [0.05, 0.1) is 19.3 Å². The van der Waals surface area contributed by atoms with Gasteiger partial charge in [-0.3, -0.25) is 14.4 Å². The standard InChI is InChI=1S/C41H66N4O6/c1-27(9-8-22-45(4)26-28-10-6-5-7-11-28)31-12-13-32-39-33(25-35(41(31,32)3)51-38(48)17-21-44)40(2)18-14-30(49-36(46)15-19-42)23-29(40)24-34(39)50-37(47)16-20-43/h5-7,10-11,27,29-35,39H,8-9,12-26,42-44H2,1-4H3/t27-,29?,30-,31?,32?,33+,34-,35+,39?,40?,41?/m1/s1. The Bertz CT molecular complexity index is 1310. The van der Waals surface area contributed by atoms with Crippen LogP contribution in [0.4, 0.5) is 0 Å². The van der Waals surface area contributed by atoms with E-state index in [0.29, 0.717) is 11.8 Å². The van der Waals surface area contributed by atoms with Crippen LogP contribution in [0.5, 0.6) is 0 Å². The first kappa shape index (κ1) is 39.7. The number of fused-ring (bicyclic) bond motifs is 5. The van der Waals surface area contributed by atoms with Crippen LogP contribution >= 0.6 is 0 Å². The Balaban J connectivity index is 1.39. The van der Waals surface area contributed by atoms with Gasteiger partial charge in [-0.2, -0.15) is 0 Å². The molecule has 0 spiro atoms. The van der Waals surface area contributed by atoms with Crippen molar-refractivity contribution in [3.63, 3.8) is 0 Å². The molecule has 0 aliphatic heterocycles. The number of hydrogen-bond donors (Lipinski definition) is 3. The van der Waals surface area contributed by atoms with Gasteiger partial charge in [-0.25, -0.2) is 0 Å². The molecule has 0 saturated heterocycles. The number of esters is 3. The van der Waals surface area contributed by atoms with Gasteiger partial charge >= 0.3 is 17.9 Å². The lowest BCUT2D eigenvalue weighted by molar-refractivity contribution is -0.225. The SMILES string of the molecule is C[C@H](CCCN(C)Cc1ccccc1)C1CCC2C3[C@H](OC(=O)CCN)CC4C[C@H](OC(=O)CCN)CCC4(C)[C@H]3C[C@H](OC(=O)CCN)C21C. The number of benzene rings is 1. The zero-order valence-corrected chi connectivity index (χ0v) is 31.7. The summed E-state index contributed by atoms with van der Waals surface area (Å²) >= 11 is 0. The molecule has 0 radical (unpaired) electrons. The number of carbonyl (C=O) groups excluding carboxylic acids is 3. The Kier molecular flexibility index (Phi) is 13.6. The Morgan fingerprint density at radius 3 is 2.16 bits per heavy atom. The highest BCUT2D eigenvalue weighted by atomic mass is 16.6. The Hall–Kier alpha value is -2.53. The normalized spacial score (nSPS) is 34.9. The third-order valence-corrected chi connectivity index (χ3v) is 13.8. The quantitative estimate of drug-likeness (QED) is 0.154. The molecule has 0 heterocycles. The summed E-state index contributed by atoms with van der Waals surface area (Å²) in [6.07, 6.45) is 8.16. The summed E-state index contributed by atoms with van der Waals surface area (Å²) in [5.74, 6) is 0.910. The number of rotatable bonds is 16. The first-order valence-corrected chi connectivity index (χ1v) is 19.9. The number of carbonyl (C=O) groups is 3. The second kappa shape index (κ2) is 17.5. The van der Waals surface area contributed by atoms with Gasteiger partial charge in [0.2, 0.25) is 0 Å². The highest BCUT2D eigenvalue weighted by molar-refractivity contribution is 5.70. The molecule has 286 valence electrons. The molecule has 0 amide bonds. The van der Waals surface area contributed by atoms with Crippen molar-refractivity contribution >= 4 is 17.9 Å². The smallest absolute Gasteiger partial charge is 0.307 e. The van der Waals surface area contributed by atoms with E-state index in [2.05, 4.69) is 63.1 Å². The molecule has 0 aromatic heterocycles. The van der Waals surface area contributed by atoms with E-state index in [-0.39, 0.29) is 110 Å². The van der Waals surface area contributed by atoms with Crippen LogP contribution in [-0.4, -0.2) is 74.3 Å². The first-order chi connectivity index (χ1) is 24.4. The summed E-state index contributed by atoms with van der Waals surface area (Å²) in [6, 6.07) is 10.6. The van der Waals surface area contributed by atoms with E-state index < -0.39 is 0 Å². The molecule has 6 N–H and O–H groups in total. The van der Waals surface area contributed by atoms with Crippen LogP contribution in [0.25, 0.3) is 0 Å². The topological polar surface area (TPSA) is 160 Å². The zero-order chi connectivity index (χ0) is 36.8. The summed E-state index contributed by atoms with van der Waals surface area (Å²) in [5.41, 5.74) is 18.3. The predicted octanol–water partition coefficient (Wildman–Crippen LogP) is 5.20. The molecule has 4 aliphatic rings. The van der Waals surface area contributed by atoms with E-state index in [0.717, 1.165) is 70.9 Å². The van der Waals surface area contributed by atoms with Gasteiger partial charge in [-0.15, -0.1) is 0 Å². The molecule has 4 aliphatic carbocycles. The van der Waals surface area contributed by atoms with Crippen LogP contribution in [0.2, 0.25) is 0 Å². The Labute approximate surface area is 306 Å². The van der Waals surface area contributed by atoms with Crippen LogP contribution in [0, 0.1) is 46.3 Å². The molecule has 10 heteroatoms. The van der Waals surface area contributed by atoms with Crippen LogP contribution < -0.4 is 17.2 Å². The minimum Gasteiger partial charge on any atom is -0.462 e. The molecule has 1 aromatic carbocycles. The molecule has 6 unspecified atom stereocenters. The summed E-state index contributed by atoms with van der Waals surface area (Å²) < 4.78 is 18.8. The van der Waals surface area contributed by atoms with Gasteiger partial charge in [0.15, 0.2) is 0 Å². The summed E-state index contributed by atoms with van der Waals surface area (Å²) in [6.45, 7) is 9.90. The maximum absolute atomic E-state index is 13.3. The summed E-state index contributed by atoms with van der Waals surface area (Å²) in [5, 5.41) is 0. The van der Waals surface area contributed by atoms with Crippen LogP contribution in [0.1, 0.15) is 103 Å². The van der Waals surface area contributed by atoms with E-state index in [1.807, 2.05) is 0 Å². The average Bonchev–Trinajstić information content (AvgIpc) is 3.44. The van der Waals surface area contributed by atoms with E-state index in [1.165, 1.54) is 5.56 Å². The summed E-state index contributed by atoms with van der Waals surface area (Å²) in [7, 11) is 2.19. The number of ether oxygens (including phenoxy) is 3. The zero-order valence-electron chi connectivity index (χ0n) is 31.7. The minimum absolute atomic E-state index is 0.0644. The van der Waals surface area contributed by atoms with Gasteiger partial charge < -0.3 is 36.3 Å². The van der Waals surface area contributed by atoms with Crippen LogP contribution in [0.3, 0.4) is 0 Å². The van der Waals surface area contributed by atoms with Crippen molar-refractivity contribution in [2.45, 2.75) is 123 Å². The van der Waals surface area contributed by atoms with Crippen molar-refractivity contribution in [2.75, 3.05) is 33.2 Å². The highest BCUT2D eigenvalue weighted by Crippen LogP contribution is 2.69. The second-order valence-electron chi connectivity index (χ2n) is 16.9. The Morgan fingerprint density at radius 2 is 1.49 bits per heavy atom. The van der Waals surface area contributed by atoms with Gasteiger partial charge in [-0.05, 0) is 112 Å². The van der Waals surface area contributed by atoms with Crippen molar-refractivity contribution in [3.05, 3.63) is 35.9 Å². The molecule has 4 fully saturated rings. The number of hydrogen-bond acceptors (Lipinski definition) is 10. The largest absolute Gasteiger partial charge is 0.462 e. The van der Waals surface area contributed by atoms with E-state index in [1.54, 1.807) is 0 Å². The molecule has 51 heavy (non-hydrogen) atoms. The predicted molar refractivity (Wildman–Crippen MR) is 198 cm³/mol. The third-order valence-electron chi connectivity index (χ3n) is 13.8. The van der Waals surface area contributed by atoms with Crippen molar-refractivity contribution in [2.24, 2.45) is 63.5 Å². The molecule has 1 aromatic rings. The second-order valence-corrected chi connectivity index (χ2v) is 16.9. The molecule has 4 saturated carbocycles. The maximum atomic E-state index is 13.3. The van der Waals surface area contributed by atoms with Crippen molar-refractivity contribution < 1.29 is 28.6 Å². The van der Waals surface area contributed by atoms with Crippen LogP contribution in [0.15, 0.2) is 30.3 Å². The van der Waals surface area contributed by atoms with Gasteiger partial charge in [0.25, 0.3) is 0 Å². The van der Waals surface area contributed by atoms with Crippen LogP contribution in [-0.2, 0) is 35.1 Å². The lowest BCUT2D eigenvalue weighted by Gasteiger charge is -2.64. The molecular weight excluding hydrogens is 644 g/mol. The molecule has 10 nitrogen and oxygen atoms in total.